The number of aliphatic imine (C=N–C) groups is 1. The van der Waals surface area contributed by atoms with Crippen molar-refractivity contribution >= 4 is 23.5 Å². The van der Waals surface area contributed by atoms with Crippen molar-refractivity contribution in [1.82, 2.24) is 0 Å². The van der Waals surface area contributed by atoms with E-state index in [4.69, 9.17) is 21.1 Å². The molecule has 2 rings (SSSR count). The highest BCUT2D eigenvalue weighted by atomic mass is 35.5. The Morgan fingerprint density at radius 2 is 1.84 bits per heavy atom. The molecule has 0 bridgehead atoms. The lowest BCUT2D eigenvalue weighted by molar-refractivity contribution is 0.404. The quantitative estimate of drug-likeness (QED) is 0.786. The summed E-state index contributed by atoms with van der Waals surface area (Å²) in [4.78, 5) is 4.40. The van der Waals surface area contributed by atoms with Crippen molar-refractivity contribution in [2.75, 3.05) is 14.2 Å². The molecule has 0 saturated carbocycles. The van der Waals surface area contributed by atoms with Crippen molar-refractivity contribution in [3.8, 4) is 11.5 Å². The molecule has 2 aromatic carbocycles. The van der Waals surface area contributed by atoms with Gasteiger partial charge in [-0.25, -0.2) is 0 Å². The van der Waals surface area contributed by atoms with Crippen LogP contribution in [0.3, 0.4) is 0 Å². The number of rotatable bonds is 4. The van der Waals surface area contributed by atoms with E-state index in [1.807, 2.05) is 42.5 Å². The zero-order valence-electron chi connectivity index (χ0n) is 10.8. The Balaban J connectivity index is 2.34. The summed E-state index contributed by atoms with van der Waals surface area (Å²) in [6.45, 7) is 0. The van der Waals surface area contributed by atoms with E-state index < -0.39 is 0 Å². The summed E-state index contributed by atoms with van der Waals surface area (Å²) < 4.78 is 10.4. The monoisotopic (exact) mass is 275 g/mol. The van der Waals surface area contributed by atoms with Crippen LogP contribution in [0, 0.1) is 0 Å². The van der Waals surface area contributed by atoms with E-state index in [2.05, 4.69) is 4.99 Å². The number of methoxy groups -OCH3 is 2. The highest BCUT2D eigenvalue weighted by Crippen LogP contribution is 2.31. The lowest BCUT2D eigenvalue weighted by Gasteiger charge is -2.06. The molecule has 0 aliphatic heterocycles. The second kappa shape index (κ2) is 6.25. The molecule has 0 N–H and O–H groups in total. The first kappa shape index (κ1) is 13.4. The molecule has 0 aromatic heterocycles. The molecule has 98 valence electrons. The summed E-state index contributed by atoms with van der Waals surface area (Å²) in [5.41, 5.74) is 1.55. The second-order valence-corrected chi connectivity index (χ2v) is 4.22. The molecule has 0 aliphatic carbocycles. The van der Waals surface area contributed by atoms with Gasteiger partial charge in [-0.15, -0.1) is 0 Å². The molecule has 19 heavy (non-hydrogen) atoms. The van der Waals surface area contributed by atoms with Gasteiger partial charge < -0.3 is 9.47 Å². The Hall–Kier alpha value is -2.00. The number of hydrogen-bond acceptors (Lipinski definition) is 3. The lowest BCUT2D eigenvalue weighted by atomic mass is 10.2. The third kappa shape index (κ3) is 3.26. The Labute approximate surface area is 117 Å². The summed E-state index contributed by atoms with van der Waals surface area (Å²) in [5, 5.41) is 0.660. The van der Waals surface area contributed by atoms with Gasteiger partial charge in [0.15, 0.2) is 0 Å². The van der Waals surface area contributed by atoms with Crippen LogP contribution < -0.4 is 9.47 Å². The maximum absolute atomic E-state index is 6.08. The Kier molecular flexibility index (Phi) is 4.42. The third-order valence-electron chi connectivity index (χ3n) is 2.63. The van der Waals surface area contributed by atoms with Gasteiger partial charge in [0.05, 0.1) is 14.2 Å². The predicted molar refractivity (Wildman–Crippen MR) is 78.3 cm³/mol. The fourth-order valence-corrected chi connectivity index (χ4v) is 1.80. The summed E-state index contributed by atoms with van der Waals surface area (Å²) in [5.74, 6) is 1.41. The molecule has 3 nitrogen and oxygen atoms in total. The molecule has 0 heterocycles. The molecular formula is C15H14ClNO2. The van der Waals surface area contributed by atoms with Crippen molar-refractivity contribution in [1.29, 1.82) is 0 Å². The van der Waals surface area contributed by atoms with Crippen LogP contribution in [0.2, 0.25) is 5.02 Å². The molecule has 0 radical (unpaired) electrons. The van der Waals surface area contributed by atoms with Gasteiger partial charge in [0.2, 0.25) is 0 Å². The molecular weight excluding hydrogens is 262 g/mol. The molecule has 4 heteroatoms. The van der Waals surface area contributed by atoms with Crippen molar-refractivity contribution in [2.45, 2.75) is 0 Å². The van der Waals surface area contributed by atoms with E-state index in [1.165, 1.54) is 0 Å². The van der Waals surface area contributed by atoms with Crippen LogP contribution in [0.15, 0.2) is 47.5 Å². The van der Waals surface area contributed by atoms with Crippen molar-refractivity contribution in [3.63, 3.8) is 0 Å². The molecule has 0 saturated heterocycles. The fraction of sp³-hybridized carbons (Fsp3) is 0.133. The molecule has 0 amide bonds. The normalized spacial score (nSPS) is 10.7. The molecule has 0 spiro atoms. The van der Waals surface area contributed by atoms with Crippen LogP contribution in [-0.2, 0) is 0 Å². The van der Waals surface area contributed by atoms with Gasteiger partial charge in [0.1, 0.15) is 17.2 Å². The highest BCUT2D eigenvalue weighted by molar-refractivity contribution is 6.33. The zero-order chi connectivity index (χ0) is 13.7. The number of nitrogens with zero attached hydrogens (tertiary/aromatic N) is 1. The minimum atomic E-state index is 0.660. The van der Waals surface area contributed by atoms with E-state index in [0.717, 1.165) is 11.3 Å². The fourth-order valence-electron chi connectivity index (χ4n) is 1.62. The van der Waals surface area contributed by atoms with E-state index in [0.29, 0.717) is 16.5 Å². The SMILES string of the molecule is COc1ccc(OC)c(N=Cc2ccccc2Cl)c1. The zero-order valence-corrected chi connectivity index (χ0v) is 11.5. The van der Waals surface area contributed by atoms with Gasteiger partial charge in [-0.1, -0.05) is 29.8 Å². The van der Waals surface area contributed by atoms with Crippen LogP contribution >= 0.6 is 11.6 Å². The standard InChI is InChI=1S/C15H14ClNO2/c1-18-12-7-8-15(19-2)14(9-12)17-10-11-5-3-4-6-13(11)16/h3-10H,1-2H3. The van der Waals surface area contributed by atoms with E-state index in [-0.39, 0.29) is 0 Å². The van der Waals surface area contributed by atoms with E-state index >= 15 is 0 Å². The van der Waals surface area contributed by atoms with Crippen LogP contribution in [0.5, 0.6) is 11.5 Å². The maximum atomic E-state index is 6.08. The van der Waals surface area contributed by atoms with Crippen LogP contribution in [0.4, 0.5) is 5.69 Å². The Morgan fingerprint density at radius 1 is 1.05 bits per heavy atom. The average molecular weight is 276 g/mol. The maximum Gasteiger partial charge on any atom is 0.144 e. The minimum Gasteiger partial charge on any atom is -0.497 e. The van der Waals surface area contributed by atoms with Crippen molar-refractivity contribution < 1.29 is 9.47 Å². The lowest BCUT2D eigenvalue weighted by Crippen LogP contribution is -1.87. The molecule has 0 unspecified atom stereocenters. The first-order chi connectivity index (χ1) is 9.24. The predicted octanol–water partition coefficient (Wildman–Crippen LogP) is 4.11. The Morgan fingerprint density at radius 3 is 2.53 bits per heavy atom. The largest absolute Gasteiger partial charge is 0.497 e. The summed E-state index contributed by atoms with van der Waals surface area (Å²) in [6, 6.07) is 13.0. The van der Waals surface area contributed by atoms with Crippen LogP contribution in [-0.4, -0.2) is 20.4 Å². The van der Waals surface area contributed by atoms with Crippen molar-refractivity contribution in [3.05, 3.63) is 53.1 Å². The molecule has 0 atom stereocenters. The van der Waals surface area contributed by atoms with E-state index in [9.17, 15) is 0 Å². The van der Waals surface area contributed by atoms with Gasteiger partial charge >= 0.3 is 0 Å². The van der Waals surface area contributed by atoms with E-state index in [1.54, 1.807) is 20.4 Å². The summed E-state index contributed by atoms with van der Waals surface area (Å²) in [7, 11) is 3.22. The average Bonchev–Trinajstić information content (AvgIpc) is 2.46. The van der Waals surface area contributed by atoms with Gasteiger partial charge in [-0.2, -0.15) is 0 Å². The Bertz CT molecular complexity index is 596. The number of benzene rings is 2. The summed E-state index contributed by atoms with van der Waals surface area (Å²) >= 11 is 6.08. The molecule has 0 aliphatic rings. The smallest absolute Gasteiger partial charge is 0.144 e. The third-order valence-corrected chi connectivity index (χ3v) is 2.98. The molecule has 2 aromatic rings. The first-order valence-corrected chi connectivity index (χ1v) is 6.13. The number of hydrogen-bond donors (Lipinski definition) is 0. The number of halogens is 1. The van der Waals surface area contributed by atoms with Crippen molar-refractivity contribution in [2.24, 2.45) is 4.99 Å². The first-order valence-electron chi connectivity index (χ1n) is 5.75. The highest BCUT2D eigenvalue weighted by Gasteiger charge is 2.03. The van der Waals surface area contributed by atoms with Gasteiger partial charge in [0, 0.05) is 22.9 Å². The van der Waals surface area contributed by atoms with Crippen LogP contribution in [0.25, 0.3) is 0 Å². The van der Waals surface area contributed by atoms with Gasteiger partial charge in [0.25, 0.3) is 0 Å². The van der Waals surface area contributed by atoms with Gasteiger partial charge in [-0.05, 0) is 18.2 Å². The summed E-state index contributed by atoms with van der Waals surface area (Å²) in [6.07, 6.45) is 1.71. The minimum absolute atomic E-state index is 0.660. The van der Waals surface area contributed by atoms with Gasteiger partial charge in [-0.3, -0.25) is 4.99 Å². The second-order valence-electron chi connectivity index (χ2n) is 3.82. The number of ether oxygens (including phenoxy) is 2. The molecule has 0 fully saturated rings. The topological polar surface area (TPSA) is 30.8 Å². The van der Waals surface area contributed by atoms with Crippen LogP contribution in [0.1, 0.15) is 5.56 Å².